The SMILES string of the molecule is CSC.[Cl][Cu]. The van der Waals surface area contributed by atoms with Crippen LogP contribution in [0.4, 0.5) is 0 Å². The number of thioether (sulfide) groups is 1. The van der Waals surface area contributed by atoms with Crippen LogP contribution >= 0.6 is 21.9 Å². The van der Waals surface area contributed by atoms with E-state index in [-0.39, 0.29) is 0 Å². The molecular formula is C2H6ClCuS. The van der Waals surface area contributed by atoms with E-state index in [2.05, 4.69) is 25.2 Å². The zero-order valence-electron chi connectivity index (χ0n) is 3.09. The van der Waals surface area contributed by atoms with Crippen molar-refractivity contribution in [1.82, 2.24) is 0 Å². The van der Waals surface area contributed by atoms with E-state index < -0.39 is 0 Å². The van der Waals surface area contributed by atoms with Crippen LogP contribution in [0.1, 0.15) is 0 Å². The number of hydrogen-bond acceptors (Lipinski definition) is 1. The van der Waals surface area contributed by atoms with Crippen molar-refractivity contribution >= 4 is 21.9 Å². The second-order valence-electron chi connectivity index (χ2n) is 0.408. The summed E-state index contributed by atoms with van der Waals surface area (Å²) in [6.07, 6.45) is 4.08. The van der Waals surface area contributed by atoms with Crippen molar-refractivity contribution in [2.45, 2.75) is 0 Å². The van der Waals surface area contributed by atoms with Crippen LogP contribution in [0.25, 0.3) is 0 Å². The van der Waals surface area contributed by atoms with Crippen LogP contribution < -0.4 is 0 Å². The Bertz CT molecular complexity index is 9.61. The minimum atomic E-state index is 1.75. The van der Waals surface area contributed by atoms with Gasteiger partial charge in [-0.1, -0.05) is 0 Å². The fourth-order valence-electron chi connectivity index (χ4n) is 0. The van der Waals surface area contributed by atoms with Gasteiger partial charge in [-0.15, -0.1) is 0 Å². The van der Waals surface area contributed by atoms with Gasteiger partial charge in [0.15, 0.2) is 0 Å². The van der Waals surface area contributed by atoms with Crippen molar-refractivity contribution in [3.8, 4) is 0 Å². The molecule has 0 nitrogen and oxygen atoms in total. The summed E-state index contributed by atoms with van der Waals surface area (Å²) in [7, 11) is 4.20. The van der Waals surface area contributed by atoms with Crippen molar-refractivity contribution in [2.24, 2.45) is 0 Å². The van der Waals surface area contributed by atoms with Crippen molar-refractivity contribution in [2.75, 3.05) is 12.5 Å². The predicted octanol–water partition coefficient (Wildman–Crippen LogP) is 1.67. The monoisotopic (exact) mass is 160 g/mol. The fourth-order valence-corrected chi connectivity index (χ4v) is 0. The summed E-state index contributed by atoms with van der Waals surface area (Å²) in [5, 5.41) is 0. The normalized spacial score (nSPS) is 5.00. The Kier molecular flexibility index (Phi) is 36.3. The summed E-state index contributed by atoms with van der Waals surface area (Å²) in [5.74, 6) is 0. The van der Waals surface area contributed by atoms with E-state index in [9.17, 15) is 0 Å². The zero-order valence-corrected chi connectivity index (χ0v) is 5.60. The molecule has 0 heterocycles. The number of halogens is 1. The van der Waals surface area contributed by atoms with Crippen LogP contribution in [0, 0.1) is 0 Å². The van der Waals surface area contributed by atoms with Crippen molar-refractivity contribution in [3.63, 3.8) is 0 Å². The van der Waals surface area contributed by atoms with E-state index in [1.165, 1.54) is 0 Å². The molecule has 0 aromatic carbocycles. The summed E-state index contributed by atoms with van der Waals surface area (Å²) >= 11 is 5.41. The van der Waals surface area contributed by atoms with Crippen molar-refractivity contribution < 1.29 is 15.1 Å². The van der Waals surface area contributed by atoms with Gasteiger partial charge in [0.2, 0.25) is 0 Å². The molecule has 0 fully saturated rings. The predicted molar refractivity (Wildman–Crippen MR) is 25.3 cm³/mol. The first-order valence-corrected chi connectivity index (χ1v) is 3.86. The molecule has 5 heavy (non-hydrogen) atoms. The zero-order chi connectivity index (χ0) is 4.71. The van der Waals surface area contributed by atoms with Gasteiger partial charge >= 0.3 is 25.2 Å². The maximum absolute atomic E-state index is 4.20. The standard InChI is InChI=1S/C2H6S.ClH.Cu/c1-3-2;;/h1-2H3;1H;/q;;+1/p-1. The van der Waals surface area contributed by atoms with Gasteiger partial charge in [-0.25, -0.2) is 0 Å². The Labute approximate surface area is 49.7 Å². The molecule has 0 atom stereocenters. The minimum absolute atomic E-state index is 1.75. The summed E-state index contributed by atoms with van der Waals surface area (Å²) in [4.78, 5) is 0. The average molecular weight is 161 g/mol. The molecular weight excluding hydrogens is 155 g/mol. The second-order valence-corrected chi connectivity index (χ2v) is 1.22. The van der Waals surface area contributed by atoms with Gasteiger partial charge in [0.1, 0.15) is 0 Å². The summed E-state index contributed by atoms with van der Waals surface area (Å²) in [6, 6.07) is 0. The van der Waals surface area contributed by atoms with E-state index >= 15 is 0 Å². The molecule has 0 aliphatic rings. The second kappa shape index (κ2) is 19.1. The van der Waals surface area contributed by atoms with Gasteiger partial charge in [-0.2, -0.15) is 11.8 Å². The van der Waals surface area contributed by atoms with Crippen LogP contribution in [0.15, 0.2) is 0 Å². The van der Waals surface area contributed by atoms with Crippen LogP contribution in [0.2, 0.25) is 0 Å². The maximum atomic E-state index is 4.20. The Morgan fingerprint density at radius 1 is 1.40 bits per heavy atom. The Morgan fingerprint density at radius 3 is 1.40 bits per heavy atom. The third-order valence-corrected chi connectivity index (χ3v) is 0. The molecule has 0 aliphatic carbocycles. The third kappa shape index (κ3) is 38.3. The fraction of sp³-hybridized carbons (Fsp3) is 1.00. The molecule has 3 heteroatoms. The van der Waals surface area contributed by atoms with Crippen LogP contribution in [0.5, 0.6) is 0 Å². The number of rotatable bonds is 0. The summed E-state index contributed by atoms with van der Waals surface area (Å²) in [6.45, 7) is 0. The van der Waals surface area contributed by atoms with Gasteiger partial charge in [0, 0.05) is 0 Å². The van der Waals surface area contributed by atoms with E-state index in [1.54, 1.807) is 11.8 Å². The molecule has 0 saturated carbocycles. The third-order valence-electron chi connectivity index (χ3n) is 0. The molecule has 0 bridgehead atoms. The number of hydrogen-bond donors (Lipinski definition) is 0. The van der Waals surface area contributed by atoms with Gasteiger partial charge in [-0.05, 0) is 12.5 Å². The van der Waals surface area contributed by atoms with Crippen LogP contribution in [0.3, 0.4) is 0 Å². The molecule has 0 radical (unpaired) electrons. The van der Waals surface area contributed by atoms with Gasteiger partial charge < -0.3 is 0 Å². The van der Waals surface area contributed by atoms with E-state index in [0.29, 0.717) is 0 Å². The molecule has 0 rings (SSSR count). The molecule has 0 unspecified atom stereocenters. The first-order chi connectivity index (χ1) is 2.41. The quantitative estimate of drug-likeness (QED) is 0.487. The Morgan fingerprint density at radius 2 is 1.40 bits per heavy atom. The van der Waals surface area contributed by atoms with Crippen molar-refractivity contribution in [1.29, 1.82) is 0 Å². The molecule has 0 saturated heterocycles. The molecule has 0 amide bonds. The van der Waals surface area contributed by atoms with E-state index in [4.69, 9.17) is 0 Å². The average Bonchev–Trinajstić information content (AvgIpc) is 1.46. The molecule has 38 valence electrons. The molecule has 0 N–H and O–H groups in total. The van der Waals surface area contributed by atoms with E-state index in [0.717, 1.165) is 0 Å². The van der Waals surface area contributed by atoms with E-state index in [1.807, 2.05) is 12.5 Å². The van der Waals surface area contributed by atoms with Gasteiger partial charge in [0.25, 0.3) is 0 Å². The molecule has 0 aromatic heterocycles. The Balaban J connectivity index is 0. The van der Waals surface area contributed by atoms with Crippen molar-refractivity contribution in [3.05, 3.63) is 0 Å². The molecule has 0 spiro atoms. The van der Waals surface area contributed by atoms with Gasteiger partial charge in [0.05, 0.1) is 0 Å². The topological polar surface area (TPSA) is 0 Å². The molecule has 0 aliphatic heterocycles. The molecule has 0 aromatic rings. The first kappa shape index (κ1) is 9.48. The Hall–Kier alpha value is 1.16. The first-order valence-electron chi connectivity index (χ1n) is 0.930. The van der Waals surface area contributed by atoms with Crippen LogP contribution in [-0.2, 0) is 15.1 Å². The van der Waals surface area contributed by atoms with Crippen LogP contribution in [-0.4, -0.2) is 12.5 Å². The summed E-state index contributed by atoms with van der Waals surface area (Å²) < 4.78 is 0. The summed E-state index contributed by atoms with van der Waals surface area (Å²) in [5.41, 5.74) is 0. The van der Waals surface area contributed by atoms with Gasteiger partial charge in [-0.3, -0.25) is 0 Å².